The topological polar surface area (TPSA) is 56.6 Å². The zero-order valence-corrected chi connectivity index (χ0v) is 16.1. The van der Waals surface area contributed by atoms with Gasteiger partial charge in [-0.2, -0.15) is 5.26 Å². The van der Waals surface area contributed by atoms with Gasteiger partial charge in [0, 0.05) is 32.7 Å². The second-order valence-corrected chi connectivity index (χ2v) is 6.81. The summed E-state index contributed by atoms with van der Waals surface area (Å²) in [5, 5.41) is 9.16. The van der Waals surface area contributed by atoms with E-state index >= 15 is 0 Å². The predicted molar refractivity (Wildman–Crippen MR) is 110 cm³/mol. The molecule has 1 heterocycles. The van der Waals surface area contributed by atoms with Crippen molar-refractivity contribution in [2.45, 2.75) is 13.0 Å². The second kappa shape index (κ2) is 9.72. The number of nitrogens with zero attached hydrogens (tertiary/aromatic N) is 3. The molecule has 2 aromatic carbocycles. The normalized spacial score (nSPS) is 15.9. The van der Waals surface area contributed by atoms with E-state index in [1.54, 1.807) is 31.2 Å². The maximum absolute atomic E-state index is 12.7. The number of carbonyl (C=O) groups is 1. The summed E-state index contributed by atoms with van der Waals surface area (Å²) in [5.74, 6) is 0.419. The molecule has 0 aromatic heterocycles. The van der Waals surface area contributed by atoms with Crippen molar-refractivity contribution in [2.24, 2.45) is 0 Å². The summed E-state index contributed by atoms with van der Waals surface area (Å²) in [6.07, 6.45) is 3.68. The molecule has 0 bridgehead atoms. The Morgan fingerprint density at radius 1 is 1.11 bits per heavy atom. The summed E-state index contributed by atoms with van der Waals surface area (Å²) in [6.45, 7) is 5.67. The molecule has 1 unspecified atom stereocenters. The fourth-order valence-corrected chi connectivity index (χ4v) is 3.21. The second-order valence-electron chi connectivity index (χ2n) is 6.81. The fraction of sp³-hybridized carbons (Fsp3) is 0.304. The molecule has 0 saturated carbocycles. The average molecular weight is 375 g/mol. The molecule has 1 aliphatic rings. The third-order valence-corrected chi connectivity index (χ3v) is 4.82. The molecule has 2 aromatic rings. The lowest BCUT2D eigenvalue weighted by Gasteiger charge is -2.35. The molecule has 5 nitrogen and oxygen atoms in total. The molecule has 28 heavy (non-hydrogen) atoms. The molecule has 0 N–H and O–H groups in total. The number of piperazine rings is 1. The Morgan fingerprint density at radius 3 is 2.50 bits per heavy atom. The van der Waals surface area contributed by atoms with Gasteiger partial charge in [0.1, 0.15) is 11.8 Å². The first-order valence-electron chi connectivity index (χ1n) is 9.56. The number of nitriles is 1. The Kier molecular flexibility index (Phi) is 6.83. The number of benzene rings is 2. The summed E-state index contributed by atoms with van der Waals surface area (Å²) in [5.41, 5.74) is 1.64. The molecule has 5 heteroatoms. The van der Waals surface area contributed by atoms with Crippen LogP contribution in [0.1, 0.15) is 18.1 Å². The van der Waals surface area contributed by atoms with Crippen LogP contribution in [0.2, 0.25) is 0 Å². The fourth-order valence-electron chi connectivity index (χ4n) is 3.21. The van der Waals surface area contributed by atoms with Crippen molar-refractivity contribution in [1.82, 2.24) is 9.80 Å². The van der Waals surface area contributed by atoms with Crippen LogP contribution >= 0.6 is 0 Å². The first kappa shape index (κ1) is 19.7. The van der Waals surface area contributed by atoms with Gasteiger partial charge in [0.05, 0.1) is 5.56 Å². The van der Waals surface area contributed by atoms with Crippen LogP contribution in [0.25, 0.3) is 6.08 Å². The highest BCUT2D eigenvalue weighted by Crippen LogP contribution is 2.19. The molecule has 0 spiro atoms. The van der Waals surface area contributed by atoms with Crippen LogP contribution in [0, 0.1) is 11.3 Å². The molecule has 1 fully saturated rings. The van der Waals surface area contributed by atoms with Crippen LogP contribution in [0.5, 0.6) is 5.75 Å². The number of rotatable bonds is 6. The molecule has 3 rings (SSSR count). The quantitative estimate of drug-likeness (QED) is 0.778. The smallest absolute Gasteiger partial charge is 0.263 e. The van der Waals surface area contributed by atoms with Gasteiger partial charge in [0.25, 0.3) is 5.91 Å². The van der Waals surface area contributed by atoms with Crippen molar-refractivity contribution in [1.29, 1.82) is 5.26 Å². The lowest BCUT2D eigenvalue weighted by molar-refractivity contribution is -0.139. The van der Waals surface area contributed by atoms with Crippen molar-refractivity contribution >= 4 is 12.0 Å². The number of para-hydroxylation sites is 1. The minimum absolute atomic E-state index is 0.0350. The monoisotopic (exact) mass is 375 g/mol. The van der Waals surface area contributed by atoms with Crippen molar-refractivity contribution in [3.63, 3.8) is 0 Å². The number of hydrogen-bond acceptors (Lipinski definition) is 4. The van der Waals surface area contributed by atoms with E-state index in [0.717, 1.165) is 19.6 Å². The summed E-state index contributed by atoms with van der Waals surface area (Å²) < 4.78 is 5.75. The summed E-state index contributed by atoms with van der Waals surface area (Å²) in [7, 11) is 0. The van der Waals surface area contributed by atoms with Gasteiger partial charge in [-0.3, -0.25) is 9.69 Å². The minimum atomic E-state index is -0.612. The predicted octanol–water partition coefficient (Wildman–Crippen LogP) is 3.18. The van der Waals surface area contributed by atoms with E-state index in [1.165, 1.54) is 5.56 Å². The minimum Gasteiger partial charge on any atom is -0.480 e. The van der Waals surface area contributed by atoms with Crippen LogP contribution in [0.15, 0.2) is 60.7 Å². The zero-order valence-electron chi connectivity index (χ0n) is 16.1. The van der Waals surface area contributed by atoms with E-state index in [0.29, 0.717) is 24.4 Å². The molecule has 1 aliphatic heterocycles. The Labute approximate surface area is 166 Å². The number of amides is 1. The molecule has 1 amide bonds. The SMILES string of the molecule is CC(Oc1ccccc1C#N)C(=O)N1CCN(C/C=C/c2ccccc2)CC1. The first-order chi connectivity index (χ1) is 13.7. The Hall–Kier alpha value is -3.10. The highest BCUT2D eigenvalue weighted by atomic mass is 16.5. The van der Waals surface area contributed by atoms with Crippen LogP contribution in [0.4, 0.5) is 0 Å². The third-order valence-electron chi connectivity index (χ3n) is 4.82. The van der Waals surface area contributed by atoms with Crippen LogP contribution < -0.4 is 4.74 Å². The van der Waals surface area contributed by atoms with Gasteiger partial charge in [0.15, 0.2) is 6.10 Å². The first-order valence-corrected chi connectivity index (χ1v) is 9.56. The van der Waals surface area contributed by atoms with E-state index in [1.807, 2.05) is 23.1 Å². The summed E-state index contributed by atoms with van der Waals surface area (Å²) in [6, 6.07) is 19.3. The molecular weight excluding hydrogens is 350 g/mol. The van der Waals surface area contributed by atoms with E-state index in [2.05, 4.69) is 35.3 Å². The van der Waals surface area contributed by atoms with E-state index < -0.39 is 6.10 Å². The van der Waals surface area contributed by atoms with Gasteiger partial charge in [-0.15, -0.1) is 0 Å². The molecule has 0 aliphatic carbocycles. The third kappa shape index (κ3) is 5.21. The highest BCUT2D eigenvalue weighted by molar-refractivity contribution is 5.81. The maximum atomic E-state index is 12.7. The van der Waals surface area contributed by atoms with Crippen LogP contribution in [-0.4, -0.2) is 54.5 Å². The van der Waals surface area contributed by atoms with E-state index in [9.17, 15) is 4.79 Å². The van der Waals surface area contributed by atoms with Crippen LogP contribution in [0.3, 0.4) is 0 Å². The van der Waals surface area contributed by atoms with Gasteiger partial charge >= 0.3 is 0 Å². The number of hydrogen-bond donors (Lipinski definition) is 0. The van der Waals surface area contributed by atoms with Gasteiger partial charge in [-0.25, -0.2) is 0 Å². The molecule has 144 valence electrons. The Morgan fingerprint density at radius 2 is 1.79 bits per heavy atom. The maximum Gasteiger partial charge on any atom is 0.263 e. The largest absolute Gasteiger partial charge is 0.480 e. The lowest BCUT2D eigenvalue weighted by Crippen LogP contribution is -2.51. The average Bonchev–Trinajstić information content (AvgIpc) is 2.75. The summed E-state index contributed by atoms with van der Waals surface area (Å²) in [4.78, 5) is 16.9. The van der Waals surface area contributed by atoms with Crippen molar-refractivity contribution in [3.8, 4) is 11.8 Å². The molecule has 0 radical (unpaired) electrons. The van der Waals surface area contributed by atoms with Crippen molar-refractivity contribution < 1.29 is 9.53 Å². The molecule has 1 saturated heterocycles. The zero-order chi connectivity index (χ0) is 19.8. The van der Waals surface area contributed by atoms with Gasteiger partial charge in [-0.1, -0.05) is 54.6 Å². The van der Waals surface area contributed by atoms with E-state index in [-0.39, 0.29) is 5.91 Å². The van der Waals surface area contributed by atoms with Gasteiger partial charge in [0.2, 0.25) is 0 Å². The standard InChI is InChI=1S/C23H25N3O2/c1-19(28-22-12-6-5-11-21(22)18-24)23(27)26-16-14-25(15-17-26)13-7-10-20-8-3-2-4-9-20/h2-12,19H,13-17H2,1H3/b10-7+. The number of ether oxygens (including phenoxy) is 1. The molecular formula is C23H25N3O2. The van der Waals surface area contributed by atoms with Crippen molar-refractivity contribution in [3.05, 3.63) is 71.8 Å². The van der Waals surface area contributed by atoms with E-state index in [4.69, 9.17) is 10.00 Å². The summed E-state index contributed by atoms with van der Waals surface area (Å²) >= 11 is 0. The van der Waals surface area contributed by atoms with Gasteiger partial charge < -0.3 is 9.64 Å². The van der Waals surface area contributed by atoms with Crippen LogP contribution in [-0.2, 0) is 4.79 Å². The lowest BCUT2D eigenvalue weighted by atomic mass is 10.2. The highest BCUT2D eigenvalue weighted by Gasteiger charge is 2.26. The Balaban J connectivity index is 1.47. The van der Waals surface area contributed by atoms with Gasteiger partial charge in [-0.05, 0) is 24.6 Å². The Bertz CT molecular complexity index is 850. The van der Waals surface area contributed by atoms with Crippen molar-refractivity contribution in [2.75, 3.05) is 32.7 Å². The molecule has 1 atom stereocenters. The number of carbonyl (C=O) groups excluding carboxylic acids is 1.